The highest BCUT2D eigenvalue weighted by Gasteiger charge is 2.24. The van der Waals surface area contributed by atoms with Gasteiger partial charge < -0.3 is 9.80 Å². The highest BCUT2D eigenvalue weighted by Crippen LogP contribution is 2.28. The zero-order valence-corrected chi connectivity index (χ0v) is 14.7. The van der Waals surface area contributed by atoms with Gasteiger partial charge in [0.05, 0.1) is 11.1 Å². The Hall–Kier alpha value is -2.69. The van der Waals surface area contributed by atoms with Gasteiger partial charge in [0, 0.05) is 37.7 Å². The maximum Gasteiger partial charge on any atom is 0.259 e. The molecule has 0 fully saturated rings. The van der Waals surface area contributed by atoms with Gasteiger partial charge in [-0.25, -0.2) is 0 Å². The van der Waals surface area contributed by atoms with Crippen molar-refractivity contribution < 1.29 is 9.59 Å². The van der Waals surface area contributed by atoms with Crippen LogP contribution in [0.5, 0.6) is 0 Å². The molecule has 0 N–H and O–H groups in total. The highest BCUT2D eigenvalue weighted by atomic mass is 16.2. The molecule has 3 rings (SSSR count). The lowest BCUT2D eigenvalue weighted by molar-refractivity contribution is 0.0772. The molecule has 2 aromatic rings. The van der Waals surface area contributed by atoms with Gasteiger partial charge in [-0.3, -0.25) is 14.6 Å². The van der Waals surface area contributed by atoms with E-state index in [1.165, 1.54) is 11.8 Å². The van der Waals surface area contributed by atoms with Crippen LogP contribution in [-0.4, -0.2) is 41.3 Å². The number of amides is 2. The number of pyridine rings is 1. The van der Waals surface area contributed by atoms with Gasteiger partial charge in [-0.15, -0.1) is 0 Å². The van der Waals surface area contributed by atoms with Crippen LogP contribution in [0.1, 0.15) is 46.5 Å². The molecule has 0 radical (unpaired) electrons. The van der Waals surface area contributed by atoms with E-state index < -0.39 is 0 Å². The molecule has 5 heteroatoms. The number of hydrogen-bond donors (Lipinski definition) is 0. The van der Waals surface area contributed by atoms with Crippen molar-refractivity contribution in [1.29, 1.82) is 0 Å². The van der Waals surface area contributed by atoms with Gasteiger partial charge in [0.25, 0.3) is 11.8 Å². The minimum Gasteiger partial charge on any atom is -0.339 e. The maximum absolute atomic E-state index is 13.0. The van der Waals surface area contributed by atoms with E-state index >= 15 is 0 Å². The zero-order valence-electron chi connectivity index (χ0n) is 14.7. The topological polar surface area (TPSA) is 53.5 Å². The molecular weight excluding hydrogens is 314 g/mol. The lowest BCUT2D eigenvalue weighted by Gasteiger charge is -2.29. The number of aryl methyl sites for hydroxylation is 1. The fourth-order valence-electron chi connectivity index (χ4n) is 3.27. The van der Waals surface area contributed by atoms with E-state index in [1.54, 1.807) is 22.1 Å². The summed E-state index contributed by atoms with van der Waals surface area (Å²) in [6.07, 6.45) is 4.99. The minimum atomic E-state index is -0.103. The fourth-order valence-corrected chi connectivity index (χ4v) is 3.27. The molecule has 0 bridgehead atoms. The molecule has 1 aliphatic heterocycles. The van der Waals surface area contributed by atoms with Gasteiger partial charge in [0.15, 0.2) is 0 Å². The first-order chi connectivity index (χ1) is 12.2. The van der Waals surface area contributed by atoms with Crippen molar-refractivity contribution in [3.05, 3.63) is 59.4 Å². The minimum absolute atomic E-state index is 0.0915. The van der Waals surface area contributed by atoms with Gasteiger partial charge in [0.1, 0.15) is 0 Å². The monoisotopic (exact) mass is 337 g/mol. The second-order valence-electron chi connectivity index (χ2n) is 6.13. The number of carbonyl (C=O) groups excluding carboxylic acids is 2. The summed E-state index contributed by atoms with van der Waals surface area (Å²) in [6, 6.07) is 9.64. The molecule has 0 atom stereocenters. The molecule has 2 heterocycles. The van der Waals surface area contributed by atoms with Gasteiger partial charge in [0.2, 0.25) is 0 Å². The predicted molar refractivity (Wildman–Crippen MR) is 97.9 cm³/mol. The Bertz CT molecular complexity index is 784. The van der Waals surface area contributed by atoms with Crippen LogP contribution < -0.4 is 4.90 Å². The van der Waals surface area contributed by atoms with Crippen LogP contribution in [-0.2, 0) is 6.42 Å². The smallest absolute Gasteiger partial charge is 0.259 e. The van der Waals surface area contributed by atoms with Crippen LogP contribution in [0.25, 0.3) is 0 Å². The van der Waals surface area contributed by atoms with Crippen LogP contribution in [0.4, 0.5) is 5.69 Å². The van der Waals surface area contributed by atoms with Crippen LogP contribution in [0.3, 0.4) is 0 Å². The van der Waals surface area contributed by atoms with Crippen molar-refractivity contribution in [1.82, 2.24) is 9.88 Å². The first-order valence-corrected chi connectivity index (χ1v) is 8.79. The summed E-state index contributed by atoms with van der Waals surface area (Å²) in [6.45, 7) is 5.83. The fraction of sp³-hybridized carbons (Fsp3) is 0.350. The van der Waals surface area contributed by atoms with Crippen molar-refractivity contribution in [2.24, 2.45) is 0 Å². The van der Waals surface area contributed by atoms with Crippen molar-refractivity contribution in [2.75, 3.05) is 24.5 Å². The second-order valence-corrected chi connectivity index (χ2v) is 6.13. The molecule has 0 saturated carbocycles. The number of aromatic nitrogens is 1. The summed E-state index contributed by atoms with van der Waals surface area (Å²) in [4.78, 5) is 33.2. The summed E-state index contributed by atoms with van der Waals surface area (Å²) >= 11 is 0. The lowest BCUT2D eigenvalue weighted by Crippen LogP contribution is -2.36. The molecule has 1 aromatic heterocycles. The first kappa shape index (κ1) is 17.1. The van der Waals surface area contributed by atoms with E-state index in [-0.39, 0.29) is 11.8 Å². The number of rotatable bonds is 4. The third kappa shape index (κ3) is 3.40. The number of carbonyl (C=O) groups is 2. The van der Waals surface area contributed by atoms with Crippen LogP contribution in [0.15, 0.2) is 42.7 Å². The molecule has 5 nitrogen and oxygen atoms in total. The summed E-state index contributed by atoms with van der Waals surface area (Å²) in [5.74, 6) is -0.194. The summed E-state index contributed by atoms with van der Waals surface area (Å²) in [5, 5.41) is 0. The lowest BCUT2D eigenvalue weighted by atomic mass is 10.0. The Labute approximate surface area is 148 Å². The Balaban J connectivity index is 1.89. The number of fused-ring (bicyclic) bond motifs is 1. The third-order valence-corrected chi connectivity index (χ3v) is 4.64. The average Bonchev–Trinajstić information content (AvgIpc) is 2.68. The Morgan fingerprint density at radius 1 is 1.12 bits per heavy atom. The maximum atomic E-state index is 13.0. The van der Waals surface area contributed by atoms with E-state index in [1.807, 2.05) is 32.0 Å². The highest BCUT2D eigenvalue weighted by molar-refractivity contribution is 6.08. The van der Waals surface area contributed by atoms with Gasteiger partial charge in [-0.2, -0.15) is 0 Å². The average molecular weight is 337 g/mol. The Kier molecular flexibility index (Phi) is 5.12. The number of anilines is 1. The van der Waals surface area contributed by atoms with Gasteiger partial charge >= 0.3 is 0 Å². The largest absolute Gasteiger partial charge is 0.339 e. The molecular formula is C20H23N3O2. The summed E-state index contributed by atoms with van der Waals surface area (Å²) in [5.41, 5.74) is 3.05. The normalized spacial score (nSPS) is 13.3. The van der Waals surface area contributed by atoms with Crippen LogP contribution in [0.2, 0.25) is 0 Å². The van der Waals surface area contributed by atoms with Crippen molar-refractivity contribution in [3.8, 4) is 0 Å². The number of nitrogens with zero attached hydrogens (tertiary/aromatic N) is 3. The van der Waals surface area contributed by atoms with E-state index in [4.69, 9.17) is 0 Å². The molecule has 130 valence electrons. The Morgan fingerprint density at radius 3 is 2.60 bits per heavy atom. The quantitative estimate of drug-likeness (QED) is 0.861. The van der Waals surface area contributed by atoms with Crippen molar-refractivity contribution >= 4 is 17.5 Å². The molecule has 0 unspecified atom stereocenters. The molecule has 25 heavy (non-hydrogen) atoms. The van der Waals surface area contributed by atoms with Gasteiger partial charge in [-0.1, -0.05) is 18.2 Å². The Morgan fingerprint density at radius 2 is 1.84 bits per heavy atom. The molecule has 1 aliphatic rings. The van der Waals surface area contributed by atoms with Crippen molar-refractivity contribution in [3.63, 3.8) is 0 Å². The SMILES string of the molecule is CCN(CC)C(=O)c1cncc(C(=O)N2CCCc3ccccc32)c1. The van der Waals surface area contributed by atoms with E-state index in [9.17, 15) is 9.59 Å². The molecule has 1 aromatic carbocycles. The summed E-state index contributed by atoms with van der Waals surface area (Å²) < 4.78 is 0. The van der Waals surface area contributed by atoms with E-state index in [2.05, 4.69) is 11.1 Å². The zero-order chi connectivity index (χ0) is 17.8. The first-order valence-electron chi connectivity index (χ1n) is 8.79. The number of para-hydroxylation sites is 1. The predicted octanol–water partition coefficient (Wildman–Crippen LogP) is 3.16. The van der Waals surface area contributed by atoms with Gasteiger partial charge in [-0.05, 0) is 44.4 Å². The van der Waals surface area contributed by atoms with Crippen molar-refractivity contribution in [2.45, 2.75) is 26.7 Å². The molecule has 0 spiro atoms. The van der Waals surface area contributed by atoms with Crippen LogP contribution in [0, 0.1) is 0 Å². The van der Waals surface area contributed by atoms with E-state index in [0.717, 1.165) is 18.5 Å². The standard InChI is InChI=1S/C20H23N3O2/c1-3-22(4-2)19(24)16-12-17(14-21-13-16)20(25)23-11-7-9-15-8-5-6-10-18(15)23/h5-6,8,10,12-14H,3-4,7,9,11H2,1-2H3. The molecule has 0 saturated heterocycles. The second kappa shape index (κ2) is 7.47. The van der Waals surface area contributed by atoms with E-state index in [0.29, 0.717) is 30.8 Å². The summed E-state index contributed by atoms with van der Waals surface area (Å²) in [7, 11) is 0. The number of hydrogen-bond acceptors (Lipinski definition) is 3. The number of benzene rings is 1. The molecule has 2 amide bonds. The molecule has 0 aliphatic carbocycles. The van der Waals surface area contributed by atoms with Crippen LogP contribution >= 0.6 is 0 Å². The third-order valence-electron chi connectivity index (χ3n) is 4.64.